The molecule has 1 aromatic heterocycles. The van der Waals surface area contributed by atoms with Crippen LogP contribution in [0.4, 0.5) is 0 Å². The maximum absolute atomic E-state index is 9.12. The second kappa shape index (κ2) is 5.50. The van der Waals surface area contributed by atoms with Crippen LogP contribution in [0, 0.1) is 25.2 Å². The highest BCUT2D eigenvalue weighted by Crippen LogP contribution is 2.25. The van der Waals surface area contributed by atoms with E-state index in [4.69, 9.17) is 14.7 Å². The maximum Gasteiger partial charge on any atom is 0.167 e. The summed E-state index contributed by atoms with van der Waals surface area (Å²) in [6.45, 7) is 5.16. The van der Waals surface area contributed by atoms with Gasteiger partial charge in [-0.2, -0.15) is 5.26 Å². The summed E-state index contributed by atoms with van der Waals surface area (Å²) in [5.74, 6) is 0.671. The van der Waals surface area contributed by atoms with E-state index >= 15 is 0 Å². The molecule has 17 heavy (non-hydrogen) atoms. The number of ether oxygens (including phenoxy) is 2. The fourth-order valence-electron chi connectivity index (χ4n) is 1.69. The Balaban J connectivity index is 2.11. The Bertz CT molecular complexity index is 451. The number of rotatable bonds is 3. The molecule has 2 heterocycles. The van der Waals surface area contributed by atoms with E-state index in [2.05, 4.69) is 11.1 Å². The summed E-state index contributed by atoms with van der Waals surface area (Å²) in [6.07, 6.45) is -0.172. The molecule has 0 aliphatic carbocycles. The summed E-state index contributed by atoms with van der Waals surface area (Å²) in [6, 6.07) is 4.12. The molecule has 2 rings (SSSR count). The van der Waals surface area contributed by atoms with E-state index in [1.54, 1.807) is 0 Å². The van der Waals surface area contributed by atoms with Gasteiger partial charge < -0.3 is 9.47 Å². The predicted molar refractivity (Wildman–Crippen MR) is 64.8 cm³/mol. The third-order valence-electron chi connectivity index (χ3n) is 2.47. The van der Waals surface area contributed by atoms with E-state index < -0.39 is 0 Å². The quantitative estimate of drug-likeness (QED) is 0.768. The molecule has 0 radical (unpaired) electrons. The lowest BCUT2D eigenvalue weighted by atomic mass is 10.1. The smallest absolute Gasteiger partial charge is 0.167 e. The summed E-state index contributed by atoms with van der Waals surface area (Å²) in [4.78, 5) is 4.40. The summed E-state index contributed by atoms with van der Waals surface area (Å²) in [5, 5.41) is 9.88. The number of hydrogen-bond acceptors (Lipinski definition) is 5. The number of aromatic nitrogens is 1. The molecule has 1 aliphatic rings. The van der Waals surface area contributed by atoms with Crippen molar-refractivity contribution in [2.24, 2.45) is 0 Å². The minimum Gasteiger partial charge on any atom is -0.349 e. The minimum absolute atomic E-state index is 0.172. The second-order valence-corrected chi connectivity index (χ2v) is 4.86. The Hall–Kier alpha value is -1.09. The standard InChI is InChI=1S/C12H14N2O2S/c1-8-5-9(2)14-12(10(8)6-13)17-7-11-15-3-4-16-11/h5,11H,3-4,7H2,1-2H3. The first-order valence-corrected chi connectivity index (χ1v) is 6.43. The fourth-order valence-corrected chi connectivity index (χ4v) is 2.74. The van der Waals surface area contributed by atoms with Gasteiger partial charge in [0.15, 0.2) is 6.29 Å². The van der Waals surface area contributed by atoms with Gasteiger partial charge >= 0.3 is 0 Å². The van der Waals surface area contributed by atoms with Crippen molar-refractivity contribution in [1.29, 1.82) is 5.26 Å². The number of thioether (sulfide) groups is 1. The van der Waals surface area contributed by atoms with E-state index in [9.17, 15) is 0 Å². The van der Waals surface area contributed by atoms with Crippen molar-refractivity contribution in [2.45, 2.75) is 25.2 Å². The third-order valence-corrected chi connectivity index (χ3v) is 3.48. The monoisotopic (exact) mass is 250 g/mol. The number of aryl methyl sites for hydroxylation is 2. The van der Waals surface area contributed by atoms with Crippen LogP contribution in [-0.2, 0) is 9.47 Å². The third kappa shape index (κ3) is 2.97. The van der Waals surface area contributed by atoms with Crippen LogP contribution in [0.25, 0.3) is 0 Å². The average molecular weight is 250 g/mol. The van der Waals surface area contributed by atoms with Crippen LogP contribution >= 0.6 is 11.8 Å². The van der Waals surface area contributed by atoms with Crippen molar-refractivity contribution in [3.63, 3.8) is 0 Å². The Kier molecular flexibility index (Phi) is 4.00. The molecule has 0 aromatic carbocycles. The van der Waals surface area contributed by atoms with Crippen LogP contribution in [0.15, 0.2) is 11.1 Å². The van der Waals surface area contributed by atoms with Crippen LogP contribution in [0.3, 0.4) is 0 Å². The zero-order chi connectivity index (χ0) is 12.3. The predicted octanol–water partition coefficient (Wildman–Crippen LogP) is 2.04. The Labute approximate surface area is 105 Å². The molecule has 1 aromatic rings. The van der Waals surface area contributed by atoms with Gasteiger partial charge in [-0.25, -0.2) is 4.98 Å². The summed E-state index contributed by atoms with van der Waals surface area (Å²) >= 11 is 1.51. The molecular formula is C12H14N2O2S. The minimum atomic E-state index is -0.172. The summed E-state index contributed by atoms with van der Waals surface area (Å²) in [7, 11) is 0. The normalized spacial score (nSPS) is 16.1. The Morgan fingerprint density at radius 2 is 2.18 bits per heavy atom. The van der Waals surface area contributed by atoms with E-state index in [0.29, 0.717) is 24.5 Å². The van der Waals surface area contributed by atoms with Crippen molar-refractivity contribution >= 4 is 11.8 Å². The molecule has 5 heteroatoms. The highest BCUT2D eigenvalue weighted by molar-refractivity contribution is 7.99. The zero-order valence-electron chi connectivity index (χ0n) is 9.90. The molecule has 4 nitrogen and oxygen atoms in total. The summed E-state index contributed by atoms with van der Waals surface area (Å²) < 4.78 is 10.7. The number of nitrogens with zero attached hydrogens (tertiary/aromatic N) is 2. The molecule has 1 aliphatic heterocycles. The Morgan fingerprint density at radius 1 is 1.47 bits per heavy atom. The number of nitriles is 1. The molecule has 0 N–H and O–H groups in total. The molecule has 90 valence electrons. The van der Waals surface area contributed by atoms with Crippen LogP contribution in [0.2, 0.25) is 0 Å². The largest absolute Gasteiger partial charge is 0.349 e. The van der Waals surface area contributed by atoms with Crippen LogP contribution < -0.4 is 0 Å². The molecule has 0 bridgehead atoms. The highest BCUT2D eigenvalue weighted by Gasteiger charge is 2.18. The van der Waals surface area contributed by atoms with Crippen LogP contribution in [0.5, 0.6) is 0 Å². The van der Waals surface area contributed by atoms with Crippen molar-refractivity contribution < 1.29 is 9.47 Å². The number of pyridine rings is 1. The van der Waals surface area contributed by atoms with Crippen LogP contribution in [-0.4, -0.2) is 30.2 Å². The van der Waals surface area contributed by atoms with E-state index in [1.807, 2.05) is 19.9 Å². The second-order valence-electron chi connectivity index (χ2n) is 3.85. The number of hydrogen-bond donors (Lipinski definition) is 0. The van der Waals surface area contributed by atoms with Gasteiger partial charge in [-0.15, -0.1) is 0 Å². The highest BCUT2D eigenvalue weighted by atomic mass is 32.2. The maximum atomic E-state index is 9.12. The van der Waals surface area contributed by atoms with Crippen molar-refractivity contribution in [3.05, 3.63) is 22.9 Å². The van der Waals surface area contributed by atoms with Gasteiger partial charge in [-0.3, -0.25) is 0 Å². The van der Waals surface area contributed by atoms with Gasteiger partial charge in [-0.1, -0.05) is 11.8 Å². The van der Waals surface area contributed by atoms with E-state index in [0.717, 1.165) is 16.3 Å². The zero-order valence-corrected chi connectivity index (χ0v) is 10.7. The molecular weight excluding hydrogens is 236 g/mol. The van der Waals surface area contributed by atoms with Crippen molar-refractivity contribution in [2.75, 3.05) is 19.0 Å². The molecule has 0 saturated carbocycles. The topological polar surface area (TPSA) is 55.1 Å². The lowest BCUT2D eigenvalue weighted by Crippen LogP contribution is -2.11. The SMILES string of the molecule is Cc1cc(C)c(C#N)c(SCC2OCCO2)n1. The molecule has 1 saturated heterocycles. The fraction of sp³-hybridized carbons (Fsp3) is 0.500. The lowest BCUT2D eigenvalue weighted by molar-refractivity contribution is -0.0214. The molecule has 0 unspecified atom stereocenters. The molecule has 1 fully saturated rings. The first kappa shape index (κ1) is 12.4. The first-order valence-electron chi connectivity index (χ1n) is 5.45. The van der Waals surface area contributed by atoms with E-state index in [-0.39, 0.29) is 6.29 Å². The van der Waals surface area contributed by atoms with Gasteiger partial charge in [0, 0.05) is 5.69 Å². The lowest BCUT2D eigenvalue weighted by Gasteiger charge is -2.10. The first-order chi connectivity index (χ1) is 8.20. The van der Waals surface area contributed by atoms with Gasteiger partial charge in [-0.05, 0) is 25.5 Å². The average Bonchev–Trinajstić information content (AvgIpc) is 2.78. The van der Waals surface area contributed by atoms with Gasteiger partial charge in [0.25, 0.3) is 0 Å². The molecule has 0 atom stereocenters. The summed E-state index contributed by atoms with van der Waals surface area (Å²) in [5.41, 5.74) is 2.55. The van der Waals surface area contributed by atoms with E-state index in [1.165, 1.54) is 11.8 Å². The van der Waals surface area contributed by atoms with Crippen molar-refractivity contribution in [3.8, 4) is 6.07 Å². The van der Waals surface area contributed by atoms with Crippen molar-refractivity contribution in [1.82, 2.24) is 4.98 Å². The van der Waals surface area contributed by atoms with Crippen LogP contribution in [0.1, 0.15) is 16.8 Å². The van der Waals surface area contributed by atoms with Gasteiger partial charge in [0.05, 0.1) is 24.5 Å². The molecule has 0 amide bonds. The van der Waals surface area contributed by atoms with Gasteiger partial charge in [0.1, 0.15) is 11.1 Å². The Morgan fingerprint density at radius 3 is 2.82 bits per heavy atom. The molecule has 0 spiro atoms. The van der Waals surface area contributed by atoms with Gasteiger partial charge in [0.2, 0.25) is 0 Å².